The monoisotopic (exact) mass is 385 g/mol. The molecule has 0 saturated heterocycles. The van der Waals surface area contributed by atoms with E-state index in [-0.39, 0.29) is 18.3 Å². The zero-order valence-corrected chi connectivity index (χ0v) is 16.3. The van der Waals surface area contributed by atoms with Gasteiger partial charge in [-0.15, -0.1) is 0 Å². The molecule has 2 N–H and O–H groups in total. The number of allylic oxidation sites excluding steroid dienone is 1. The molecule has 0 bridgehead atoms. The molecule has 0 unspecified atom stereocenters. The summed E-state index contributed by atoms with van der Waals surface area (Å²) in [4.78, 5) is 10.9. The number of aromatic nitrogens is 2. The highest BCUT2D eigenvalue weighted by Gasteiger charge is 2.28. The van der Waals surface area contributed by atoms with Crippen LogP contribution in [0.2, 0.25) is 0 Å². The molecule has 3 heterocycles. The molecule has 1 aromatic heterocycles. The number of ether oxygens (including phenoxy) is 2. The number of halogens is 1. The van der Waals surface area contributed by atoms with Crippen LogP contribution in [0.5, 0.6) is 11.5 Å². The number of benzene rings is 1. The van der Waals surface area contributed by atoms with Gasteiger partial charge in [0.1, 0.15) is 5.82 Å². The van der Waals surface area contributed by atoms with E-state index >= 15 is 4.39 Å². The smallest absolute Gasteiger partial charge is 0.231 e. The Morgan fingerprint density at radius 2 is 2.07 bits per heavy atom. The van der Waals surface area contributed by atoms with Crippen LogP contribution >= 0.6 is 0 Å². The van der Waals surface area contributed by atoms with Crippen LogP contribution in [0.25, 0.3) is 5.57 Å². The van der Waals surface area contributed by atoms with Gasteiger partial charge < -0.3 is 25.0 Å². The summed E-state index contributed by atoms with van der Waals surface area (Å²) < 4.78 is 26.8. The fourth-order valence-corrected chi connectivity index (χ4v) is 3.50. The highest BCUT2D eigenvalue weighted by atomic mass is 19.1. The Labute approximate surface area is 163 Å². The van der Waals surface area contributed by atoms with Gasteiger partial charge in [-0.3, -0.25) is 0 Å². The second kappa shape index (κ2) is 7.63. The number of hydrogen-bond acceptors (Lipinski definition) is 7. The minimum absolute atomic E-state index is 0.0866. The van der Waals surface area contributed by atoms with E-state index < -0.39 is 0 Å². The van der Waals surface area contributed by atoms with E-state index in [1.54, 1.807) is 13.1 Å². The summed E-state index contributed by atoms with van der Waals surface area (Å²) in [5.74, 6) is 1.60. The Kier molecular flexibility index (Phi) is 5.04. The summed E-state index contributed by atoms with van der Waals surface area (Å²) >= 11 is 0. The van der Waals surface area contributed by atoms with E-state index in [9.17, 15) is 0 Å². The van der Waals surface area contributed by atoms with E-state index in [0.29, 0.717) is 28.8 Å². The number of rotatable bonds is 4. The molecule has 2 aliphatic rings. The van der Waals surface area contributed by atoms with Crippen LogP contribution in [0, 0.1) is 12.7 Å². The van der Waals surface area contributed by atoms with Crippen molar-refractivity contribution >= 4 is 23.0 Å². The zero-order chi connectivity index (χ0) is 19.7. The Balaban J connectivity index is 1.76. The normalized spacial score (nSPS) is 16.5. The van der Waals surface area contributed by atoms with Gasteiger partial charge in [-0.25, -0.2) is 9.37 Å². The average molecular weight is 385 g/mol. The van der Waals surface area contributed by atoms with Gasteiger partial charge >= 0.3 is 0 Å². The number of anilines is 3. The fourth-order valence-electron chi connectivity index (χ4n) is 3.50. The second-order valence-electron chi connectivity index (χ2n) is 7.04. The first kappa shape index (κ1) is 18.5. The molecule has 148 valence electrons. The van der Waals surface area contributed by atoms with E-state index in [1.165, 1.54) is 0 Å². The van der Waals surface area contributed by atoms with Crippen molar-refractivity contribution in [3.05, 3.63) is 35.3 Å². The van der Waals surface area contributed by atoms with Gasteiger partial charge in [-0.2, -0.15) is 4.98 Å². The highest BCUT2D eigenvalue weighted by Crippen LogP contribution is 2.45. The maximum absolute atomic E-state index is 15.6. The Hall–Kier alpha value is -2.87. The SMILES string of the molecule is CNc1cc(C)nc(Nc2cc3c(c(C4=CCN(C)CCC4)c2F)OCO3)n1. The average Bonchev–Trinajstić information content (AvgIpc) is 3.02. The first-order valence-corrected chi connectivity index (χ1v) is 9.35. The molecule has 4 rings (SSSR count). The van der Waals surface area contributed by atoms with Crippen molar-refractivity contribution in [1.29, 1.82) is 0 Å². The molecule has 0 spiro atoms. The van der Waals surface area contributed by atoms with Crippen molar-refractivity contribution in [2.75, 3.05) is 44.6 Å². The van der Waals surface area contributed by atoms with Gasteiger partial charge in [0.2, 0.25) is 12.7 Å². The molecule has 2 aliphatic heterocycles. The van der Waals surface area contributed by atoms with Crippen LogP contribution in [-0.2, 0) is 0 Å². The van der Waals surface area contributed by atoms with Crippen LogP contribution in [-0.4, -0.2) is 48.8 Å². The number of likely N-dealkylation sites (N-methyl/N-ethyl adjacent to an activating group) is 1. The number of fused-ring (bicyclic) bond motifs is 1. The van der Waals surface area contributed by atoms with Crippen LogP contribution in [0.4, 0.5) is 21.8 Å². The minimum Gasteiger partial charge on any atom is -0.453 e. The molecule has 0 saturated carbocycles. The van der Waals surface area contributed by atoms with Gasteiger partial charge in [-0.1, -0.05) is 6.08 Å². The fraction of sp³-hybridized carbons (Fsp3) is 0.400. The van der Waals surface area contributed by atoms with Gasteiger partial charge in [0.05, 0.1) is 11.3 Å². The quantitative estimate of drug-likeness (QED) is 0.834. The van der Waals surface area contributed by atoms with Gasteiger partial charge in [0.25, 0.3) is 0 Å². The highest BCUT2D eigenvalue weighted by molar-refractivity contribution is 5.79. The molecular weight excluding hydrogens is 361 g/mol. The Morgan fingerprint density at radius 1 is 1.21 bits per heavy atom. The molecule has 0 fully saturated rings. The van der Waals surface area contributed by atoms with Crippen molar-refractivity contribution in [3.63, 3.8) is 0 Å². The molecule has 7 nitrogen and oxygen atoms in total. The molecule has 0 radical (unpaired) electrons. The van der Waals surface area contributed by atoms with Crippen molar-refractivity contribution in [2.45, 2.75) is 19.8 Å². The van der Waals surface area contributed by atoms with Gasteiger partial charge in [0, 0.05) is 31.4 Å². The maximum Gasteiger partial charge on any atom is 0.231 e. The minimum atomic E-state index is -0.379. The van der Waals surface area contributed by atoms with Crippen molar-refractivity contribution in [3.8, 4) is 11.5 Å². The molecular formula is C20H24FN5O2. The third-order valence-corrected chi connectivity index (χ3v) is 4.91. The van der Waals surface area contributed by atoms with Gasteiger partial charge in [-0.05, 0) is 38.9 Å². The third-order valence-electron chi connectivity index (χ3n) is 4.91. The number of nitrogens with zero attached hydrogens (tertiary/aromatic N) is 3. The lowest BCUT2D eigenvalue weighted by molar-refractivity contribution is 0.173. The summed E-state index contributed by atoms with van der Waals surface area (Å²) in [6.07, 6.45) is 3.81. The number of nitrogens with one attached hydrogen (secondary N) is 2. The lowest BCUT2D eigenvalue weighted by Gasteiger charge is -2.15. The second-order valence-corrected chi connectivity index (χ2v) is 7.04. The van der Waals surface area contributed by atoms with E-state index in [4.69, 9.17) is 9.47 Å². The number of aryl methyl sites for hydroxylation is 1. The van der Waals surface area contributed by atoms with Crippen LogP contribution in [0.1, 0.15) is 24.1 Å². The van der Waals surface area contributed by atoms with Gasteiger partial charge in [0.15, 0.2) is 17.3 Å². The molecule has 1 aromatic carbocycles. The van der Waals surface area contributed by atoms with E-state index in [2.05, 4.69) is 38.6 Å². The summed E-state index contributed by atoms with van der Waals surface area (Å²) in [6.45, 7) is 3.70. The van der Waals surface area contributed by atoms with E-state index in [0.717, 1.165) is 37.2 Å². The summed E-state index contributed by atoms with van der Waals surface area (Å²) in [5.41, 5.74) is 2.45. The Bertz CT molecular complexity index is 931. The van der Waals surface area contributed by atoms with Crippen molar-refractivity contribution in [1.82, 2.24) is 14.9 Å². The molecule has 0 atom stereocenters. The maximum atomic E-state index is 15.6. The lowest BCUT2D eigenvalue weighted by atomic mass is 9.98. The topological polar surface area (TPSA) is 71.5 Å². The molecule has 0 amide bonds. The summed E-state index contributed by atoms with van der Waals surface area (Å²) in [6, 6.07) is 3.43. The third kappa shape index (κ3) is 3.60. The van der Waals surface area contributed by atoms with Crippen LogP contribution in [0.15, 0.2) is 18.2 Å². The predicted octanol–water partition coefficient (Wildman–Crippen LogP) is 3.55. The Morgan fingerprint density at radius 3 is 2.89 bits per heavy atom. The molecule has 28 heavy (non-hydrogen) atoms. The van der Waals surface area contributed by atoms with E-state index in [1.807, 2.05) is 13.0 Å². The predicted molar refractivity (Wildman–Crippen MR) is 107 cm³/mol. The summed E-state index contributed by atoms with van der Waals surface area (Å²) in [5, 5.41) is 5.99. The first-order chi connectivity index (χ1) is 13.5. The molecule has 8 heteroatoms. The first-order valence-electron chi connectivity index (χ1n) is 9.35. The lowest BCUT2D eigenvalue weighted by Crippen LogP contribution is -2.17. The van der Waals surface area contributed by atoms with Crippen molar-refractivity contribution in [2.24, 2.45) is 0 Å². The molecule has 0 aliphatic carbocycles. The molecule has 2 aromatic rings. The summed E-state index contributed by atoms with van der Waals surface area (Å²) in [7, 11) is 3.84. The zero-order valence-electron chi connectivity index (χ0n) is 16.3. The van der Waals surface area contributed by atoms with Crippen LogP contribution in [0.3, 0.4) is 0 Å². The van der Waals surface area contributed by atoms with Crippen LogP contribution < -0.4 is 20.1 Å². The standard InChI is InChI=1S/C20H24FN5O2/c1-12-9-16(22-2)25-20(23-12)24-14-10-15-19(28-11-27-15)17(18(14)21)13-5-4-7-26(3)8-6-13/h6,9-10H,4-5,7-8,11H2,1-3H3,(H2,22,23,24,25). The van der Waals surface area contributed by atoms with Crippen molar-refractivity contribution < 1.29 is 13.9 Å². The largest absolute Gasteiger partial charge is 0.453 e. The number of hydrogen-bond donors (Lipinski definition) is 2.